The van der Waals surface area contributed by atoms with Crippen molar-refractivity contribution < 1.29 is 18.0 Å². The number of rotatable bonds is 5. The Morgan fingerprint density at radius 3 is 2.38 bits per heavy atom. The topological polar surface area (TPSA) is 86.8 Å². The fraction of sp³-hybridized carbons (Fsp3) is 0.417. The van der Waals surface area contributed by atoms with Gasteiger partial charge in [-0.3, -0.25) is 14.5 Å². The lowest BCUT2D eigenvalue weighted by Gasteiger charge is -2.26. The van der Waals surface area contributed by atoms with Gasteiger partial charge in [0.05, 0.1) is 4.90 Å². The van der Waals surface area contributed by atoms with Gasteiger partial charge in [0.2, 0.25) is 21.8 Å². The first kappa shape index (κ1) is 22.5. The zero-order chi connectivity index (χ0) is 22.9. The molecule has 0 spiro atoms. The molecule has 2 aromatic rings. The molecule has 32 heavy (non-hydrogen) atoms. The van der Waals surface area contributed by atoms with Crippen LogP contribution < -0.4 is 10.2 Å². The molecule has 1 N–H and O–H groups in total. The molecule has 4 rings (SSSR count). The maximum atomic E-state index is 13.1. The van der Waals surface area contributed by atoms with E-state index in [1.807, 2.05) is 31.2 Å². The molecule has 0 saturated carbocycles. The van der Waals surface area contributed by atoms with Crippen LogP contribution in [0.5, 0.6) is 0 Å². The number of hydrogen-bond acceptors (Lipinski definition) is 4. The van der Waals surface area contributed by atoms with Gasteiger partial charge in [-0.25, -0.2) is 8.42 Å². The van der Waals surface area contributed by atoms with Crippen LogP contribution >= 0.6 is 0 Å². The van der Waals surface area contributed by atoms with E-state index >= 15 is 0 Å². The third-order valence-electron chi connectivity index (χ3n) is 6.22. The van der Waals surface area contributed by atoms with Gasteiger partial charge < -0.3 is 5.32 Å². The lowest BCUT2D eigenvalue weighted by molar-refractivity contribution is -0.125. The van der Waals surface area contributed by atoms with Crippen molar-refractivity contribution in [3.63, 3.8) is 0 Å². The third-order valence-corrected chi connectivity index (χ3v) is 8.11. The fourth-order valence-electron chi connectivity index (χ4n) is 4.45. The number of piperidine rings is 1. The van der Waals surface area contributed by atoms with Crippen LogP contribution in [0, 0.1) is 6.92 Å². The molecule has 2 amide bonds. The van der Waals surface area contributed by atoms with Crippen molar-refractivity contribution in [3.8, 4) is 0 Å². The first-order chi connectivity index (χ1) is 15.3. The van der Waals surface area contributed by atoms with E-state index in [2.05, 4.69) is 5.32 Å². The predicted octanol–water partition coefficient (Wildman–Crippen LogP) is 2.76. The van der Waals surface area contributed by atoms with E-state index in [1.165, 1.54) is 16.1 Å². The van der Waals surface area contributed by atoms with Crippen LogP contribution in [0.2, 0.25) is 0 Å². The summed E-state index contributed by atoms with van der Waals surface area (Å²) >= 11 is 0. The molecule has 0 aromatic heterocycles. The first-order valence-corrected chi connectivity index (χ1v) is 12.5. The summed E-state index contributed by atoms with van der Waals surface area (Å²) in [6.45, 7) is 4.86. The summed E-state index contributed by atoms with van der Waals surface area (Å²) in [5.74, 6) is -0.497. The van der Waals surface area contributed by atoms with Gasteiger partial charge in [-0.15, -0.1) is 0 Å². The number of aryl methyl sites for hydroxylation is 1. The zero-order valence-electron chi connectivity index (χ0n) is 18.5. The molecule has 0 bridgehead atoms. The minimum atomic E-state index is -3.58. The van der Waals surface area contributed by atoms with E-state index in [1.54, 1.807) is 18.2 Å². The van der Waals surface area contributed by atoms with Crippen molar-refractivity contribution in [1.82, 2.24) is 9.62 Å². The molecule has 2 aromatic carbocycles. The lowest BCUT2D eigenvalue weighted by Crippen LogP contribution is -2.47. The van der Waals surface area contributed by atoms with Gasteiger partial charge in [0.15, 0.2) is 0 Å². The summed E-state index contributed by atoms with van der Waals surface area (Å²) in [7, 11) is -3.58. The van der Waals surface area contributed by atoms with Crippen LogP contribution in [0.1, 0.15) is 42.9 Å². The first-order valence-electron chi connectivity index (χ1n) is 11.0. The van der Waals surface area contributed by atoms with Crippen LogP contribution in [0.3, 0.4) is 0 Å². The van der Waals surface area contributed by atoms with Crippen LogP contribution in [0.25, 0.3) is 0 Å². The standard InChI is InChI=1S/C24H29N3O4S/c1-17-6-8-19(9-7-17)16-25-24(29)23-15-20-14-21(10-11-22(20)27(23)18(2)28)32(30,31)26-12-4-3-5-13-26/h6-11,14,23H,3-5,12-13,15-16H2,1-2H3,(H,25,29). The lowest BCUT2D eigenvalue weighted by atomic mass is 10.1. The van der Waals surface area contributed by atoms with E-state index in [4.69, 9.17) is 0 Å². The molecule has 2 aliphatic heterocycles. The molecule has 2 heterocycles. The molecule has 1 fully saturated rings. The van der Waals surface area contributed by atoms with Gasteiger partial charge in [0, 0.05) is 38.7 Å². The summed E-state index contributed by atoms with van der Waals surface area (Å²) < 4.78 is 27.7. The van der Waals surface area contributed by atoms with Gasteiger partial charge in [-0.05, 0) is 49.1 Å². The normalized spacial score (nSPS) is 18.9. The average Bonchev–Trinajstić information content (AvgIpc) is 3.18. The number of sulfonamides is 1. The number of carbonyl (C=O) groups is 2. The van der Waals surface area contributed by atoms with Crippen molar-refractivity contribution in [1.29, 1.82) is 0 Å². The molecule has 0 aliphatic carbocycles. The Bertz CT molecular complexity index is 1120. The highest BCUT2D eigenvalue weighted by atomic mass is 32.2. The maximum absolute atomic E-state index is 13.1. The summed E-state index contributed by atoms with van der Waals surface area (Å²) in [4.78, 5) is 27.0. The van der Waals surface area contributed by atoms with E-state index in [0.717, 1.165) is 30.4 Å². The monoisotopic (exact) mass is 455 g/mol. The van der Waals surface area contributed by atoms with Gasteiger partial charge in [-0.2, -0.15) is 4.31 Å². The molecular weight excluding hydrogens is 426 g/mol. The average molecular weight is 456 g/mol. The van der Waals surface area contributed by atoms with Crippen LogP contribution in [0.15, 0.2) is 47.4 Å². The van der Waals surface area contributed by atoms with Gasteiger partial charge in [-0.1, -0.05) is 36.2 Å². The summed E-state index contributed by atoms with van der Waals surface area (Å²) in [6, 6.07) is 12.0. The van der Waals surface area contributed by atoms with Crippen molar-refractivity contribution in [2.75, 3.05) is 18.0 Å². The van der Waals surface area contributed by atoms with Gasteiger partial charge >= 0.3 is 0 Å². The minimum absolute atomic E-state index is 0.224. The predicted molar refractivity (Wildman–Crippen MR) is 123 cm³/mol. The summed E-state index contributed by atoms with van der Waals surface area (Å²) in [5.41, 5.74) is 3.42. The Morgan fingerprint density at radius 2 is 1.72 bits per heavy atom. The van der Waals surface area contributed by atoms with Crippen LogP contribution in [-0.2, 0) is 32.6 Å². The highest BCUT2D eigenvalue weighted by molar-refractivity contribution is 7.89. The maximum Gasteiger partial charge on any atom is 0.243 e. The molecule has 1 saturated heterocycles. The minimum Gasteiger partial charge on any atom is -0.350 e. The van der Waals surface area contributed by atoms with Crippen molar-refractivity contribution >= 4 is 27.5 Å². The number of fused-ring (bicyclic) bond motifs is 1. The highest BCUT2D eigenvalue weighted by Gasteiger charge is 2.38. The van der Waals surface area contributed by atoms with Crippen LogP contribution in [0.4, 0.5) is 5.69 Å². The van der Waals surface area contributed by atoms with Gasteiger partial charge in [0.1, 0.15) is 6.04 Å². The van der Waals surface area contributed by atoms with E-state index in [-0.39, 0.29) is 23.1 Å². The molecule has 1 unspecified atom stereocenters. The second-order valence-corrected chi connectivity index (χ2v) is 10.5. The second-order valence-electron chi connectivity index (χ2n) is 8.57. The molecule has 8 heteroatoms. The van der Waals surface area contributed by atoms with Crippen molar-refractivity contribution in [2.45, 2.75) is 57.0 Å². The Labute approximate surface area is 189 Å². The number of anilines is 1. The van der Waals surface area contributed by atoms with Crippen molar-refractivity contribution in [2.24, 2.45) is 0 Å². The number of amides is 2. The highest BCUT2D eigenvalue weighted by Crippen LogP contribution is 2.35. The number of hydrogen-bond donors (Lipinski definition) is 1. The Balaban J connectivity index is 1.54. The largest absolute Gasteiger partial charge is 0.350 e. The smallest absolute Gasteiger partial charge is 0.243 e. The van der Waals surface area contributed by atoms with E-state index < -0.39 is 16.1 Å². The number of benzene rings is 2. The fourth-order valence-corrected chi connectivity index (χ4v) is 6.02. The zero-order valence-corrected chi connectivity index (χ0v) is 19.3. The SMILES string of the molecule is CC(=O)N1c2ccc(S(=O)(=O)N3CCCCC3)cc2CC1C(=O)NCc1ccc(C)cc1. The van der Waals surface area contributed by atoms with Crippen molar-refractivity contribution in [3.05, 3.63) is 59.2 Å². The number of nitrogens with one attached hydrogen (secondary N) is 1. The molecule has 1 atom stereocenters. The summed E-state index contributed by atoms with van der Waals surface area (Å²) in [5, 5.41) is 2.92. The summed E-state index contributed by atoms with van der Waals surface area (Å²) in [6.07, 6.45) is 3.07. The van der Waals surface area contributed by atoms with Gasteiger partial charge in [0.25, 0.3) is 0 Å². The Kier molecular flexibility index (Phi) is 6.35. The molecule has 170 valence electrons. The third kappa shape index (κ3) is 4.42. The Morgan fingerprint density at radius 1 is 1.03 bits per heavy atom. The molecule has 0 radical (unpaired) electrons. The molecular formula is C24H29N3O4S. The number of nitrogens with zero attached hydrogens (tertiary/aromatic N) is 2. The Hall–Kier alpha value is -2.71. The van der Waals surface area contributed by atoms with E-state index in [9.17, 15) is 18.0 Å². The molecule has 2 aliphatic rings. The van der Waals surface area contributed by atoms with Crippen LogP contribution in [-0.4, -0.2) is 43.7 Å². The van der Waals surface area contributed by atoms with E-state index in [0.29, 0.717) is 30.9 Å². The second kappa shape index (κ2) is 9.03. The molecule has 7 nitrogen and oxygen atoms in total. The quantitative estimate of drug-likeness (QED) is 0.751. The number of carbonyl (C=O) groups excluding carboxylic acids is 2.